The summed E-state index contributed by atoms with van der Waals surface area (Å²) in [7, 11) is -1.51. The van der Waals surface area contributed by atoms with Crippen molar-refractivity contribution in [1.82, 2.24) is 10.0 Å². The molecule has 1 unspecified atom stereocenters. The van der Waals surface area contributed by atoms with Gasteiger partial charge in [0.1, 0.15) is 0 Å². The van der Waals surface area contributed by atoms with Crippen LogP contribution in [0.3, 0.4) is 0 Å². The lowest BCUT2D eigenvalue weighted by molar-refractivity contribution is 0.186. The standard InChI is InChI=1S/C14H22N2O3S/c1-15-8-6-12-2-4-14(5-3-12)20(17,18)16-10-13-7-9-19-11-13/h2-5,13,15-16H,6-11H2,1H3. The van der Waals surface area contributed by atoms with E-state index in [1.54, 1.807) is 12.1 Å². The summed E-state index contributed by atoms with van der Waals surface area (Å²) in [6.45, 7) is 2.70. The van der Waals surface area contributed by atoms with E-state index in [9.17, 15) is 8.42 Å². The van der Waals surface area contributed by atoms with Crippen molar-refractivity contribution < 1.29 is 13.2 Å². The average Bonchev–Trinajstić information content (AvgIpc) is 2.97. The molecular weight excluding hydrogens is 276 g/mol. The lowest BCUT2D eigenvalue weighted by Crippen LogP contribution is -2.29. The average molecular weight is 298 g/mol. The second-order valence-electron chi connectivity index (χ2n) is 5.08. The summed E-state index contributed by atoms with van der Waals surface area (Å²) in [5.41, 5.74) is 1.13. The van der Waals surface area contributed by atoms with Crippen molar-refractivity contribution in [2.45, 2.75) is 17.7 Å². The van der Waals surface area contributed by atoms with Crippen molar-refractivity contribution in [2.75, 3.05) is 33.4 Å². The van der Waals surface area contributed by atoms with Crippen molar-refractivity contribution in [3.63, 3.8) is 0 Å². The van der Waals surface area contributed by atoms with Gasteiger partial charge in [-0.3, -0.25) is 0 Å². The Kier molecular flexibility index (Phi) is 5.54. The number of ether oxygens (including phenoxy) is 1. The Morgan fingerprint density at radius 3 is 2.65 bits per heavy atom. The molecule has 0 amide bonds. The number of benzene rings is 1. The van der Waals surface area contributed by atoms with Crippen LogP contribution in [-0.4, -0.2) is 41.8 Å². The summed E-state index contributed by atoms with van der Waals surface area (Å²) >= 11 is 0. The molecule has 1 aromatic rings. The van der Waals surface area contributed by atoms with Crippen LogP contribution in [0.5, 0.6) is 0 Å². The maximum atomic E-state index is 12.1. The van der Waals surface area contributed by atoms with Gasteiger partial charge in [-0.2, -0.15) is 0 Å². The third kappa shape index (κ3) is 4.28. The van der Waals surface area contributed by atoms with E-state index in [0.29, 0.717) is 24.0 Å². The van der Waals surface area contributed by atoms with Crippen LogP contribution in [0.25, 0.3) is 0 Å². The molecule has 2 rings (SSSR count). The van der Waals surface area contributed by atoms with Crippen LogP contribution in [0.4, 0.5) is 0 Å². The minimum absolute atomic E-state index is 0.291. The molecule has 2 N–H and O–H groups in total. The molecule has 0 bridgehead atoms. The molecule has 5 nitrogen and oxygen atoms in total. The molecule has 1 heterocycles. The highest BCUT2D eigenvalue weighted by Gasteiger charge is 2.20. The molecule has 6 heteroatoms. The Labute approximate surface area is 120 Å². The topological polar surface area (TPSA) is 67.4 Å². The first-order chi connectivity index (χ1) is 9.62. The fourth-order valence-electron chi connectivity index (χ4n) is 2.16. The van der Waals surface area contributed by atoms with E-state index in [2.05, 4.69) is 10.0 Å². The molecule has 20 heavy (non-hydrogen) atoms. The Hall–Kier alpha value is -0.950. The molecular formula is C14H22N2O3S. The molecule has 1 saturated heterocycles. The van der Waals surface area contributed by atoms with Crippen LogP contribution in [0.1, 0.15) is 12.0 Å². The minimum Gasteiger partial charge on any atom is -0.381 e. The van der Waals surface area contributed by atoms with Crippen molar-refractivity contribution in [3.8, 4) is 0 Å². The Morgan fingerprint density at radius 2 is 2.05 bits per heavy atom. The molecule has 1 aliphatic heterocycles. The Bertz CT molecular complexity index is 508. The molecule has 0 aromatic heterocycles. The maximum Gasteiger partial charge on any atom is 0.240 e. The molecule has 0 aliphatic carbocycles. The number of likely N-dealkylation sites (N-methyl/N-ethyl adjacent to an activating group) is 1. The van der Waals surface area contributed by atoms with Crippen molar-refractivity contribution in [2.24, 2.45) is 5.92 Å². The normalized spacial score (nSPS) is 19.4. The summed E-state index contributed by atoms with van der Waals surface area (Å²) in [5.74, 6) is 0.291. The fourth-order valence-corrected chi connectivity index (χ4v) is 3.28. The van der Waals surface area contributed by atoms with Gasteiger partial charge in [0.2, 0.25) is 10.0 Å². The minimum atomic E-state index is -3.41. The van der Waals surface area contributed by atoms with Gasteiger partial charge in [0, 0.05) is 13.2 Å². The van der Waals surface area contributed by atoms with Gasteiger partial charge >= 0.3 is 0 Å². The van der Waals surface area contributed by atoms with Gasteiger partial charge in [-0.1, -0.05) is 12.1 Å². The zero-order valence-electron chi connectivity index (χ0n) is 11.8. The summed E-state index contributed by atoms with van der Waals surface area (Å²) in [5, 5.41) is 3.07. The number of sulfonamides is 1. The van der Waals surface area contributed by atoms with E-state index in [-0.39, 0.29) is 0 Å². The van der Waals surface area contributed by atoms with Crippen LogP contribution in [-0.2, 0) is 21.2 Å². The zero-order valence-corrected chi connectivity index (χ0v) is 12.6. The van der Waals surface area contributed by atoms with E-state index >= 15 is 0 Å². The van der Waals surface area contributed by atoms with Crippen molar-refractivity contribution in [1.29, 1.82) is 0 Å². The van der Waals surface area contributed by atoms with Crippen LogP contribution in [0.2, 0.25) is 0 Å². The molecule has 112 valence electrons. The first-order valence-electron chi connectivity index (χ1n) is 6.93. The highest BCUT2D eigenvalue weighted by atomic mass is 32.2. The van der Waals surface area contributed by atoms with Crippen LogP contribution in [0.15, 0.2) is 29.2 Å². The fraction of sp³-hybridized carbons (Fsp3) is 0.571. The molecule has 1 fully saturated rings. The van der Waals surface area contributed by atoms with Crippen LogP contribution < -0.4 is 10.0 Å². The number of nitrogens with one attached hydrogen (secondary N) is 2. The summed E-state index contributed by atoms with van der Waals surface area (Å²) in [4.78, 5) is 0.324. The highest BCUT2D eigenvalue weighted by molar-refractivity contribution is 7.89. The second-order valence-corrected chi connectivity index (χ2v) is 6.85. The van der Waals surface area contributed by atoms with Gasteiger partial charge in [0.05, 0.1) is 11.5 Å². The van der Waals surface area contributed by atoms with Crippen LogP contribution in [0, 0.1) is 5.92 Å². The lowest BCUT2D eigenvalue weighted by Gasteiger charge is -2.10. The molecule has 1 aliphatic rings. The molecule has 1 atom stereocenters. The van der Waals surface area contributed by atoms with Gasteiger partial charge in [0.25, 0.3) is 0 Å². The second kappa shape index (κ2) is 7.17. The number of hydrogen-bond donors (Lipinski definition) is 2. The van der Waals surface area contributed by atoms with E-state index in [4.69, 9.17) is 4.74 Å². The lowest BCUT2D eigenvalue weighted by atomic mass is 10.1. The number of rotatable bonds is 7. The monoisotopic (exact) mass is 298 g/mol. The van der Waals surface area contributed by atoms with Crippen molar-refractivity contribution in [3.05, 3.63) is 29.8 Å². The molecule has 0 saturated carbocycles. The molecule has 0 radical (unpaired) electrons. The molecule has 0 spiro atoms. The maximum absolute atomic E-state index is 12.1. The third-order valence-electron chi connectivity index (χ3n) is 3.48. The zero-order chi connectivity index (χ0) is 14.4. The number of hydrogen-bond acceptors (Lipinski definition) is 4. The largest absolute Gasteiger partial charge is 0.381 e. The summed E-state index contributed by atoms with van der Waals surface area (Å²) in [6, 6.07) is 7.06. The third-order valence-corrected chi connectivity index (χ3v) is 4.92. The van der Waals surface area contributed by atoms with E-state index in [1.165, 1.54) is 0 Å². The van der Waals surface area contributed by atoms with E-state index < -0.39 is 10.0 Å². The first kappa shape index (κ1) is 15.4. The molecule has 1 aromatic carbocycles. The predicted octanol–water partition coefficient (Wildman–Crippen LogP) is 0.763. The SMILES string of the molecule is CNCCc1ccc(S(=O)(=O)NCC2CCOC2)cc1. The van der Waals surface area contributed by atoms with Crippen LogP contribution >= 0.6 is 0 Å². The van der Waals surface area contributed by atoms with Gasteiger partial charge < -0.3 is 10.1 Å². The predicted molar refractivity (Wildman–Crippen MR) is 78.2 cm³/mol. The summed E-state index contributed by atoms with van der Waals surface area (Å²) in [6.07, 6.45) is 1.81. The Balaban J connectivity index is 1.94. The van der Waals surface area contributed by atoms with Crippen molar-refractivity contribution >= 4 is 10.0 Å². The highest BCUT2D eigenvalue weighted by Crippen LogP contribution is 2.14. The van der Waals surface area contributed by atoms with Gasteiger partial charge in [-0.05, 0) is 50.0 Å². The van der Waals surface area contributed by atoms with E-state index in [1.807, 2.05) is 19.2 Å². The van der Waals surface area contributed by atoms with Gasteiger partial charge in [0.15, 0.2) is 0 Å². The Morgan fingerprint density at radius 1 is 1.30 bits per heavy atom. The van der Waals surface area contributed by atoms with Gasteiger partial charge in [-0.25, -0.2) is 13.1 Å². The van der Waals surface area contributed by atoms with Gasteiger partial charge in [-0.15, -0.1) is 0 Å². The quantitative estimate of drug-likeness (QED) is 0.780. The van der Waals surface area contributed by atoms with E-state index in [0.717, 1.165) is 31.6 Å². The first-order valence-corrected chi connectivity index (χ1v) is 8.41. The smallest absolute Gasteiger partial charge is 0.240 e. The summed E-state index contributed by atoms with van der Waals surface area (Å²) < 4.78 is 32.2.